The zero-order chi connectivity index (χ0) is 14.8. The van der Waals surface area contributed by atoms with Gasteiger partial charge in [0.15, 0.2) is 11.6 Å². The Bertz CT molecular complexity index is 638. The van der Waals surface area contributed by atoms with E-state index in [-0.39, 0.29) is 5.75 Å². The van der Waals surface area contributed by atoms with Gasteiger partial charge in [-0.1, -0.05) is 0 Å². The molecule has 0 saturated carbocycles. The fourth-order valence-electron chi connectivity index (χ4n) is 2.83. The fraction of sp³-hybridized carbons (Fsp3) is 0.533. The number of hydrogen-bond donors (Lipinski definition) is 0. The summed E-state index contributed by atoms with van der Waals surface area (Å²) in [7, 11) is 1.46. The van der Waals surface area contributed by atoms with Gasteiger partial charge in [-0.2, -0.15) is 0 Å². The average Bonchev–Trinajstić information content (AvgIpc) is 2.84. The molecular formula is C15H18ClFN2O2. The van der Waals surface area contributed by atoms with Crippen LogP contribution in [0.25, 0.3) is 11.0 Å². The Hall–Kier alpha value is -1.33. The molecule has 0 atom stereocenters. The molecule has 0 spiro atoms. The number of aromatic nitrogens is 2. The molecule has 1 aromatic carbocycles. The molecule has 0 N–H and O–H groups in total. The van der Waals surface area contributed by atoms with Crippen molar-refractivity contribution < 1.29 is 13.9 Å². The van der Waals surface area contributed by atoms with Crippen molar-refractivity contribution in [3.63, 3.8) is 0 Å². The summed E-state index contributed by atoms with van der Waals surface area (Å²) in [6, 6.07) is 3.11. The minimum atomic E-state index is -0.401. The summed E-state index contributed by atoms with van der Waals surface area (Å²) in [6.45, 7) is 2.42. The van der Waals surface area contributed by atoms with Gasteiger partial charge in [-0.25, -0.2) is 9.37 Å². The highest BCUT2D eigenvalue weighted by molar-refractivity contribution is 6.16. The van der Waals surface area contributed by atoms with Gasteiger partial charge in [0.2, 0.25) is 0 Å². The maximum absolute atomic E-state index is 13.8. The van der Waals surface area contributed by atoms with Crippen molar-refractivity contribution in [2.75, 3.05) is 20.3 Å². The topological polar surface area (TPSA) is 36.3 Å². The summed E-state index contributed by atoms with van der Waals surface area (Å²) in [5.74, 6) is 1.44. The smallest absolute Gasteiger partial charge is 0.167 e. The standard InChI is InChI=1S/C15H18ClFN2O2/c1-20-14-7-13-12(6-11(14)17)18-15(8-16)19(13)9-10-2-4-21-5-3-10/h6-7,10H,2-5,8-9H2,1H3. The Morgan fingerprint density at radius 1 is 1.43 bits per heavy atom. The highest BCUT2D eigenvalue weighted by Crippen LogP contribution is 2.28. The van der Waals surface area contributed by atoms with Gasteiger partial charge in [0.1, 0.15) is 5.82 Å². The lowest BCUT2D eigenvalue weighted by molar-refractivity contribution is 0.0614. The highest BCUT2D eigenvalue weighted by atomic mass is 35.5. The van der Waals surface area contributed by atoms with Crippen LogP contribution in [0.1, 0.15) is 18.7 Å². The van der Waals surface area contributed by atoms with Gasteiger partial charge in [-0.05, 0) is 18.8 Å². The number of methoxy groups -OCH3 is 1. The first kappa shape index (κ1) is 14.6. The number of benzene rings is 1. The summed E-state index contributed by atoms with van der Waals surface area (Å²) in [5.41, 5.74) is 1.49. The van der Waals surface area contributed by atoms with Crippen molar-refractivity contribution >= 4 is 22.6 Å². The first-order valence-electron chi connectivity index (χ1n) is 7.09. The van der Waals surface area contributed by atoms with E-state index in [2.05, 4.69) is 9.55 Å². The second-order valence-corrected chi connectivity index (χ2v) is 5.57. The molecule has 0 radical (unpaired) electrons. The molecule has 4 nitrogen and oxygen atoms in total. The van der Waals surface area contributed by atoms with E-state index in [1.54, 1.807) is 6.07 Å². The van der Waals surface area contributed by atoms with Crippen molar-refractivity contribution in [3.05, 3.63) is 23.8 Å². The predicted molar refractivity (Wildman–Crippen MR) is 79.3 cm³/mol. The van der Waals surface area contributed by atoms with Gasteiger partial charge >= 0.3 is 0 Å². The maximum atomic E-state index is 13.8. The molecule has 6 heteroatoms. The van der Waals surface area contributed by atoms with E-state index >= 15 is 0 Å². The van der Waals surface area contributed by atoms with E-state index in [1.807, 2.05) is 0 Å². The van der Waals surface area contributed by atoms with E-state index in [0.29, 0.717) is 17.3 Å². The molecule has 0 aliphatic carbocycles. The lowest BCUT2D eigenvalue weighted by Crippen LogP contribution is -2.21. The van der Waals surface area contributed by atoms with Crippen LogP contribution < -0.4 is 4.74 Å². The van der Waals surface area contributed by atoms with Crippen LogP contribution in [0.2, 0.25) is 0 Å². The molecule has 1 aliphatic heterocycles. The van der Waals surface area contributed by atoms with Crippen LogP contribution in [0.4, 0.5) is 4.39 Å². The third-order valence-corrected chi connectivity index (χ3v) is 4.24. The Kier molecular flexibility index (Phi) is 4.31. The normalized spacial score (nSPS) is 16.5. The van der Waals surface area contributed by atoms with Crippen molar-refractivity contribution in [1.29, 1.82) is 0 Å². The lowest BCUT2D eigenvalue weighted by Gasteiger charge is -2.23. The minimum absolute atomic E-state index is 0.233. The van der Waals surface area contributed by atoms with Crippen molar-refractivity contribution in [2.45, 2.75) is 25.3 Å². The van der Waals surface area contributed by atoms with E-state index in [0.717, 1.165) is 43.9 Å². The van der Waals surface area contributed by atoms with Crippen molar-refractivity contribution in [3.8, 4) is 5.75 Å². The summed E-state index contributed by atoms with van der Waals surface area (Å²) < 4.78 is 26.3. The van der Waals surface area contributed by atoms with Crippen LogP contribution in [0.3, 0.4) is 0 Å². The molecule has 1 aliphatic rings. The molecule has 0 amide bonds. The second-order valence-electron chi connectivity index (χ2n) is 5.30. The molecule has 2 aromatic rings. The number of fused-ring (bicyclic) bond motifs is 1. The number of halogens is 2. The maximum Gasteiger partial charge on any atom is 0.167 e. The fourth-order valence-corrected chi connectivity index (χ4v) is 3.03. The van der Waals surface area contributed by atoms with E-state index < -0.39 is 5.82 Å². The van der Waals surface area contributed by atoms with E-state index in [1.165, 1.54) is 13.2 Å². The van der Waals surface area contributed by atoms with Gasteiger partial charge in [-0.3, -0.25) is 0 Å². The Balaban J connectivity index is 2.01. The molecule has 0 bridgehead atoms. The summed E-state index contributed by atoms with van der Waals surface area (Å²) in [5, 5.41) is 0. The lowest BCUT2D eigenvalue weighted by atomic mass is 10.0. The van der Waals surface area contributed by atoms with Crippen LogP contribution in [0.5, 0.6) is 5.75 Å². The molecule has 1 fully saturated rings. The monoisotopic (exact) mass is 312 g/mol. The van der Waals surface area contributed by atoms with Crippen LogP contribution in [0.15, 0.2) is 12.1 Å². The number of alkyl halides is 1. The van der Waals surface area contributed by atoms with Gasteiger partial charge in [0.25, 0.3) is 0 Å². The third kappa shape index (κ3) is 2.85. The third-order valence-electron chi connectivity index (χ3n) is 4.00. The zero-order valence-electron chi connectivity index (χ0n) is 11.9. The Labute approximate surface area is 127 Å². The van der Waals surface area contributed by atoms with Crippen LogP contribution in [0, 0.1) is 11.7 Å². The van der Waals surface area contributed by atoms with Gasteiger partial charge in [0, 0.05) is 31.9 Å². The predicted octanol–water partition coefficient (Wildman–Crippen LogP) is 3.35. The van der Waals surface area contributed by atoms with E-state index in [9.17, 15) is 4.39 Å². The highest BCUT2D eigenvalue weighted by Gasteiger charge is 2.19. The molecule has 1 aromatic heterocycles. The molecule has 114 valence electrons. The number of hydrogen-bond acceptors (Lipinski definition) is 3. The number of ether oxygens (including phenoxy) is 2. The summed E-state index contributed by atoms with van der Waals surface area (Å²) >= 11 is 6.00. The number of imidazole rings is 1. The van der Waals surface area contributed by atoms with Crippen molar-refractivity contribution in [1.82, 2.24) is 9.55 Å². The molecule has 21 heavy (non-hydrogen) atoms. The van der Waals surface area contributed by atoms with Gasteiger partial charge < -0.3 is 14.0 Å². The Morgan fingerprint density at radius 3 is 2.86 bits per heavy atom. The van der Waals surface area contributed by atoms with Gasteiger partial charge in [0.05, 0.1) is 24.0 Å². The average molecular weight is 313 g/mol. The molecule has 3 rings (SSSR count). The van der Waals surface area contributed by atoms with Crippen LogP contribution in [-0.2, 0) is 17.2 Å². The number of rotatable bonds is 4. The second kappa shape index (κ2) is 6.20. The molecular weight excluding hydrogens is 295 g/mol. The molecule has 1 saturated heterocycles. The largest absolute Gasteiger partial charge is 0.494 e. The molecule has 2 heterocycles. The first-order valence-corrected chi connectivity index (χ1v) is 7.62. The van der Waals surface area contributed by atoms with Gasteiger partial charge in [-0.15, -0.1) is 11.6 Å². The quantitative estimate of drug-likeness (QED) is 0.812. The van der Waals surface area contributed by atoms with Crippen LogP contribution >= 0.6 is 11.6 Å². The minimum Gasteiger partial charge on any atom is -0.494 e. The van der Waals surface area contributed by atoms with E-state index in [4.69, 9.17) is 21.1 Å². The Morgan fingerprint density at radius 2 is 2.19 bits per heavy atom. The molecule has 0 unspecified atom stereocenters. The first-order chi connectivity index (χ1) is 10.2. The van der Waals surface area contributed by atoms with Crippen molar-refractivity contribution in [2.24, 2.45) is 5.92 Å². The summed E-state index contributed by atoms with van der Waals surface area (Å²) in [6.07, 6.45) is 2.06. The number of nitrogens with zero attached hydrogens (tertiary/aromatic N) is 2. The van der Waals surface area contributed by atoms with Crippen LogP contribution in [-0.4, -0.2) is 29.9 Å². The summed E-state index contributed by atoms with van der Waals surface area (Å²) in [4.78, 5) is 4.44. The SMILES string of the molecule is COc1cc2c(cc1F)nc(CCl)n2CC1CCOCC1. The zero-order valence-corrected chi connectivity index (χ0v) is 12.7.